The van der Waals surface area contributed by atoms with Crippen molar-refractivity contribution < 1.29 is 14.3 Å². The predicted molar refractivity (Wildman–Crippen MR) is 78.3 cm³/mol. The minimum Gasteiger partial charge on any atom is -0.490 e. The number of esters is 1. The molecule has 1 aromatic heterocycles. The quantitative estimate of drug-likeness (QED) is 0.804. The molecule has 0 aliphatic heterocycles. The SMILES string of the molecule is COC(=O)c1cc(OC(C)C)c2cc(C)cc(C)c2n1. The second-order valence-corrected chi connectivity index (χ2v) is 5.14. The van der Waals surface area contributed by atoms with Crippen LogP contribution in [0, 0.1) is 13.8 Å². The molecule has 2 aromatic rings. The van der Waals surface area contributed by atoms with Gasteiger partial charge in [-0.15, -0.1) is 0 Å². The number of nitrogens with zero attached hydrogens (tertiary/aromatic N) is 1. The monoisotopic (exact) mass is 273 g/mol. The van der Waals surface area contributed by atoms with Crippen molar-refractivity contribution in [2.75, 3.05) is 7.11 Å². The van der Waals surface area contributed by atoms with Crippen LogP contribution in [0.2, 0.25) is 0 Å². The van der Waals surface area contributed by atoms with Gasteiger partial charge in [0.05, 0.1) is 18.7 Å². The molecule has 0 unspecified atom stereocenters. The highest BCUT2D eigenvalue weighted by atomic mass is 16.5. The van der Waals surface area contributed by atoms with Gasteiger partial charge >= 0.3 is 5.97 Å². The Hall–Kier alpha value is -2.10. The number of fused-ring (bicyclic) bond motifs is 1. The van der Waals surface area contributed by atoms with Crippen molar-refractivity contribution in [2.45, 2.75) is 33.8 Å². The first kappa shape index (κ1) is 14.3. The van der Waals surface area contributed by atoms with Gasteiger partial charge in [0.1, 0.15) is 5.75 Å². The van der Waals surface area contributed by atoms with Gasteiger partial charge in [-0.2, -0.15) is 0 Å². The molecule has 0 atom stereocenters. The molecule has 1 heterocycles. The van der Waals surface area contributed by atoms with E-state index in [1.165, 1.54) is 7.11 Å². The number of pyridine rings is 1. The van der Waals surface area contributed by atoms with Gasteiger partial charge in [-0.1, -0.05) is 6.07 Å². The zero-order valence-corrected chi connectivity index (χ0v) is 12.5. The number of aryl methyl sites for hydroxylation is 2. The standard InChI is InChI=1S/C16H19NO3/c1-9(2)20-14-8-13(16(18)19-5)17-15-11(4)6-10(3)7-12(14)15/h6-9H,1-5H3. The number of ether oxygens (including phenoxy) is 2. The number of rotatable bonds is 3. The van der Waals surface area contributed by atoms with E-state index in [2.05, 4.69) is 4.98 Å². The van der Waals surface area contributed by atoms with E-state index in [0.29, 0.717) is 5.75 Å². The van der Waals surface area contributed by atoms with Gasteiger partial charge in [-0.05, 0) is 44.9 Å². The Morgan fingerprint density at radius 3 is 2.50 bits per heavy atom. The number of methoxy groups -OCH3 is 1. The first-order chi connectivity index (χ1) is 9.42. The van der Waals surface area contributed by atoms with E-state index in [1.807, 2.05) is 39.8 Å². The molecule has 0 N–H and O–H groups in total. The maximum absolute atomic E-state index is 11.7. The lowest BCUT2D eigenvalue weighted by molar-refractivity contribution is 0.0593. The Morgan fingerprint density at radius 2 is 1.90 bits per heavy atom. The molecule has 2 rings (SSSR count). The summed E-state index contributed by atoms with van der Waals surface area (Å²) in [7, 11) is 1.35. The summed E-state index contributed by atoms with van der Waals surface area (Å²) < 4.78 is 10.6. The number of hydrogen-bond donors (Lipinski definition) is 0. The van der Waals surface area contributed by atoms with Gasteiger partial charge in [0.25, 0.3) is 0 Å². The first-order valence-electron chi connectivity index (χ1n) is 6.59. The third-order valence-corrected chi connectivity index (χ3v) is 2.97. The smallest absolute Gasteiger partial charge is 0.356 e. The molecule has 0 bridgehead atoms. The Labute approximate surface area is 118 Å². The molecule has 0 aliphatic carbocycles. The van der Waals surface area contributed by atoms with Gasteiger partial charge in [-0.25, -0.2) is 9.78 Å². The highest BCUT2D eigenvalue weighted by Gasteiger charge is 2.15. The third-order valence-electron chi connectivity index (χ3n) is 2.97. The highest BCUT2D eigenvalue weighted by molar-refractivity contribution is 5.95. The lowest BCUT2D eigenvalue weighted by atomic mass is 10.1. The fourth-order valence-electron chi connectivity index (χ4n) is 2.21. The van der Waals surface area contributed by atoms with E-state index in [4.69, 9.17) is 9.47 Å². The molecule has 4 nitrogen and oxygen atoms in total. The number of benzene rings is 1. The van der Waals surface area contributed by atoms with Crippen LogP contribution in [0.4, 0.5) is 0 Å². The molecular weight excluding hydrogens is 254 g/mol. The van der Waals surface area contributed by atoms with Crippen LogP contribution in [0.1, 0.15) is 35.5 Å². The molecule has 0 aliphatic rings. The maximum Gasteiger partial charge on any atom is 0.356 e. The van der Waals surface area contributed by atoms with Crippen molar-refractivity contribution in [3.8, 4) is 5.75 Å². The molecule has 0 fully saturated rings. The summed E-state index contributed by atoms with van der Waals surface area (Å²) in [5.41, 5.74) is 3.19. The Balaban J connectivity index is 2.74. The van der Waals surface area contributed by atoms with Gasteiger partial charge in [-0.3, -0.25) is 0 Å². The molecule has 0 amide bonds. The Bertz CT molecular complexity index is 662. The van der Waals surface area contributed by atoms with Crippen LogP contribution >= 0.6 is 0 Å². The van der Waals surface area contributed by atoms with Gasteiger partial charge in [0.2, 0.25) is 0 Å². The fourth-order valence-corrected chi connectivity index (χ4v) is 2.21. The molecule has 0 saturated heterocycles. The average molecular weight is 273 g/mol. The minimum absolute atomic E-state index is 0.0203. The summed E-state index contributed by atoms with van der Waals surface area (Å²) in [6.07, 6.45) is 0.0203. The molecule has 106 valence electrons. The zero-order valence-electron chi connectivity index (χ0n) is 12.5. The van der Waals surface area contributed by atoms with E-state index in [-0.39, 0.29) is 11.8 Å². The average Bonchev–Trinajstić information content (AvgIpc) is 2.37. The minimum atomic E-state index is -0.458. The van der Waals surface area contributed by atoms with Crippen molar-refractivity contribution in [2.24, 2.45) is 0 Å². The molecule has 4 heteroatoms. The normalized spacial score (nSPS) is 10.9. The van der Waals surface area contributed by atoms with E-state index < -0.39 is 5.97 Å². The van der Waals surface area contributed by atoms with Crippen LogP contribution in [0.25, 0.3) is 10.9 Å². The molecule has 0 saturated carbocycles. The largest absolute Gasteiger partial charge is 0.490 e. The van der Waals surface area contributed by atoms with Crippen molar-refractivity contribution >= 4 is 16.9 Å². The Kier molecular flexibility index (Phi) is 3.93. The number of aromatic nitrogens is 1. The third kappa shape index (κ3) is 2.74. The first-order valence-corrected chi connectivity index (χ1v) is 6.59. The molecule has 20 heavy (non-hydrogen) atoms. The summed E-state index contributed by atoms with van der Waals surface area (Å²) in [4.78, 5) is 16.1. The number of hydrogen-bond acceptors (Lipinski definition) is 4. The molecule has 1 aromatic carbocycles. The summed E-state index contributed by atoms with van der Waals surface area (Å²) >= 11 is 0. The Morgan fingerprint density at radius 1 is 1.20 bits per heavy atom. The second-order valence-electron chi connectivity index (χ2n) is 5.14. The van der Waals surface area contributed by atoms with Crippen LogP contribution in [-0.2, 0) is 4.74 Å². The fraction of sp³-hybridized carbons (Fsp3) is 0.375. The number of carbonyl (C=O) groups excluding carboxylic acids is 1. The van der Waals surface area contributed by atoms with Crippen LogP contribution in [0.3, 0.4) is 0 Å². The summed E-state index contributed by atoms with van der Waals surface area (Å²) in [5.74, 6) is 0.206. The van der Waals surface area contributed by atoms with E-state index in [0.717, 1.165) is 22.0 Å². The van der Waals surface area contributed by atoms with Crippen molar-refractivity contribution in [1.82, 2.24) is 4.98 Å². The maximum atomic E-state index is 11.7. The lowest BCUT2D eigenvalue weighted by Crippen LogP contribution is -2.10. The van der Waals surface area contributed by atoms with Gasteiger partial charge < -0.3 is 9.47 Å². The van der Waals surface area contributed by atoms with Crippen LogP contribution < -0.4 is 4.74 Å². The molecule has 0 radical (unpaired) electrons. The van der Waals surface area contributed by atoms with Crippen LogP contribution in [0.15, 0.2) is 18.2 Å². The van der Waals surface area contributed by atoms with Crippen LogP contribution in [0.5, 0.6) is 5.75 Å². The topological polar surface area (TPSA) is 48.4 Å². The highest BCUT2D eigenvalue weighted by Crippen LogP contribution is 2.30. The number of carbonyl (C=O) groups is 1. The van der Waals surface area contributed by atoms with Crippen molar-refractivity contribution in [3.05, 3.63) is 35.0 Å². The molecular formula is C16H19NO3. The molecule has 0 spiro atoms. The van der Waals surface area contributed by atoms with E-state index >= 15 is 0 Å². The van der Waals surface area contributed by atoms with E-state index in [9.17, 15) is 4.79 Å². The van der Waals surface area contributed by atoms with Crippen molar-refractivity contribution in [1.29, 1.82) is 0 Å². The predicted octanol–water partition coefficient (Wildman–Crippen LogP) is 3.43. The van der Waals surface area contributed by atoms with Crippen LogP contribution in [-0.4, -0.2) is 24.2 Å². The summed E-state index contributed by atoms with van der Waals surface area (Å²) in [6, 6.07) is 5.71. The second kappa shape index (κ2) is 5.49. The summed E-state index contributed by atoms with van der Waals surface area (Å²) in [6.45, 7) is 7.90. The summed E-state index contributed by atoms with van der Waals surface area (Å²) in [5, 5.41) is 0.920. The zero-order chi connectivity index (χ0) is 14.9. The van der Waals surface area contributed by atoms with Crippen molar-refractivity contribution in [3.63, 3.8) is 0 Å². The van der Waals surface area contributed by atoms with Gasteiger partial charge in [0.15, 0.2) is 5.69 Å². The lowest BCUT2D eigenvalue weighted by Gasteiger charge is -2.15. The van der Waals surface area contributed by atoms with Gasteiger partial charge in [0, 0.05) is 11.5 Å². The van der Waals surface area contributed by atoms with E-state index in [1.54, 1.807) is 6.07 Å².